The lowest BCUT2D eigenvalue weighted by atomic mass is 9.98. The summed E-state index contributed by atoms with van der Waals surface area (Å²) in [4.78, 5) is 6.17. The number of halogens is 4. The predicted octanol–water partition coefficient (Wildman–Crippen LogP) is 4.64. The first kappa shape index (κ1) is 21.2. The van der Waals surface area contributed by atoms with Crippen molar-refractivity contribution in [1.82, 2.24) is 15.2 Å². The average Bonchev–Trinajstić information content (AvgIpc) is 2.74. The Kier molecular flexibility index (Phi) is 5.65. The van der Waals surface area contributed by atoms with Gasteiger partial charge in [-0.05, 0) is 47.9 Å². The number of nitrogens with zero attached hydrogens (tertiary/aromatic N) is 3. The molecule has 1 aromatic heterocycles. The Hall–Kier alpha value is -3.02. The van der Waals surface area contributed by atoms with Gasteiger partial charge in [0.1, 0.15) is 23.6 Å². The fourth-order valence-electron chi connectivity index (χ4n) is 3.89. The normalized spacial score (nSPS) is 20.0. The van der Waals surface area contributed by atoms with E-state index >= 15 is 0 Å². The lowest BCUT2D eigenvalue weighted by Crippen LogP contribution is -2.60. The molecule has 1 aliphatic heterocycles. The summed E-state index contributed by atoms with van der Waals surface area (Å²) in [7, 11) is 0. The van der Waals surface area contributed by atoms with Crippen molar-refractivity contribution in [2.24, 2.45) is 0 Å². The minimum atomic E-state index is -4.30. The van der Waals surface area contributed by atoms with Crippen LogP contribution in [0.2, 0.25) is 0 Å². The number of aromatic nitrogens is 1. The van der Waals surface area contributed by atoms with Gasteiger partial charge in [-0.15, -0.1) is 0 Å². The molecule has 0 spiro atoms. The maximum Gasteiger partial charge on any atom is 0.405 e. The number of alkyl halides is 3. The maximum atomic E-state index is 13.3. The van der Waals surface area contributed by atoms with Crippen molar-refractivity contribution in [2.75, 3.05) is 13.1 Å². The minimum absolute atomic E-state index is 0.0533. The molecule has 2 unspecified atom stereocenters. The third-order valence-corrected chi connectivity index (χ3v) is 5.62. The van der Waals surface area contributed by atoms with E-state index in [4.69, 9.17) is 0 Å². The van der Waals surface area contributed by atoms with Crippen molar-refractivity contribution < 1.29 is 17.6 Å². The molecule has 3 aromatic rings. The standard InChI is InChI=1S/C23H20F4N4/c1-14-11-29-22(23(25,26)27)13-31(14)12-15-2-7-19-20(16-3-5-17(24)6-4-16)9-18(10-28)30-21(19)8-15/h2-9,14,22,29H,11-13H2,1H3. The van der Waals surface area contributed by atoms with Gasteiger partial charge in [0.2, 0.25) is 0 Å². The highest BCUT2D eigenvalue weighted by Crippen LogP contribution is 2.30. The number of fused-ring (bicyclic) bond motifs is 1. The zero-order chi connectivity index (χ0) is 22.2. The second-order valence-corrected chi connectivity index (χ2v) is 7.81. The SMILES string of the molecule is CC1CNC(C(F)(F)F)CN1Cc1ccc2c(-c3ccc(F)cc3)cc(C#N)nc2c1. The van der Waals surface area contributed by atoms with Crippen LogP contribution in [0.4, 0.5) is 17.6 Å². The molecule has 31 heavy (non-hydrogen) atoms. The number of rotatable bonds is 3. The van der Waals surface area contributed by atoms with E-state index in [-0.39, 0.29) is 30.6 Å². The number of pyridine rings is 1. The zero-order valence-corrected chi connectivity index (χ0v) is 16.7. The van der Waals surface area contributed by atoms with Gasteiger partial charge in [-0.1, -0.05) is 24.3 Å². The van der Waals surface area contributed by atoms with Crippen LogP contribution in [0.3, 0.4) is 0 Å². The number of nitrogens with one attached hydrogen (secondary N) is 1. The smallest absolute Gasteiger partial charge is 0.304 e. The van der Waals surface area contributed by atoms with Gasteiger partial charge in [0.05, 0.1) is 5.52 Å². The van der Waals surface area contributed by atoms with Gasteiger partial charge in [0.15, 0.2) is 0 Å². The summed E-state index contributed by atoms with van der Waals surface area (Å²) in [6.45, 7) is 2.35. The van der Waals surface area contributed by atoms with Crippen LogP contribution in [-0.4, -0.2) is 41.2 Å². The summed E-state index contributed by atoms with van der Waals surface area (Å²) in [5.74, 6) is -0.354. The molecular formula is C23H20F4N4. The maximum absolute atomic E-state index is 13.3. The molecule has 1 fully saturated rings. The second kappa shape index (κ2) is 8.25. The Bertz CT molecular complexity index is 1140. The Labute approximate surface area is 177 Å². The van der Waals surface area contributed by atoms with E-state index in [1.807, 2.05) is 25.1 Å². The van der Waals surface area contributed by atoms with E-state index in [2.05, 4.69) is 10.3 Å². The molecule has 2 aromatic carbocycles. The molecule has 4 nitrogen and oxygen atoms in total. The molecule has 1 saturated heterocycles. The second-order valence-electron chi connectivity index (χ2n) is 7.81. The van der Waals surface area contributed by atoms with Crippen LogP contribution in [0, 0.1) is 17.1 Å². The summed E-state index contributed by atoms with van der Waals surface area (Å²) in [5, 5.41) is 12.7. The summed E-state index contributed by atoms with van der Waals surface area (Å²) in [5.41, 5.74) is 3.11. The van der Waals surface area contributed by atoms with Crippen molar-refractivity contribution in [1.29, 1.82) is 5.26 Å². The fraction of sp³-hybridized carbons (Fsp3) is 0.304. The zero-order valence-electron chi connectivity index (χ0n) is 16.7. The van der Waals surface area contributed by atoms with Gasteiger partial charge < -0.3 is 5.32 Å². The van der Waals surface area contributed by atoms with E-state index in [1.54, 1.807) is 29.2 Å². The summed E-state index contributed by atoms with van der Waals surface area (Å²) < 4.78 is 52.8. The Morgan fingerprint density at radius 1 is 1.16 bits per heavy atom. The molecule has 8 heteroatoms. The molecule has 160 valence electrons. The van der Waals surface area contributed by atoms with Gasteiger partial charge in [-0.25, -0.2) is 9.37 Å². The monoisotopic (exact) mass is 428 g/mol. The topological polar surface area (TPSA) is 52.0 Å². The third-order valence-electron chi connectivity index (χ3n) is 5.62. The fourth-order valence-corrected chi connectivity index (χ4v) is 3.89. The van der Waals surface area contributed by atoms with Crippen LogP contribution in [0.15, 0.2) is 48.5 Å². The Morgan fingerprint density at radius 2 is 1.90 bits per heavy atom. The van der Waals surface area contributed by atoms with Crippen molar-refractivity contribution >= 4 is 10.9 Å². The van der Waals surface area contributed by atoms with Crippen molar-refractivity contribution in [2.45, 2.75) is 31.7 Å². The molecule has 1 N–H and O–H groups in total. The van der Waals surface area contributed by atoms with Crippen molar-refractivity contribution in [3.63, 3.8) is 0 Å². The van der Waals surface area contributed by atoms with Gasteiger partial charge in [-0.2, -0.15) is 18.4 Å². The van der Waals surface area contributed by atoms with E-state index in [0.717, 1.165) is 22.1 Å². The Morgan fingerprint density at radius 3 is 2.58 bits per heavy atom. The molecule has 4 rings (SSSR count). The van der Waals surface area contributed by atoms with E-state index in [9.17, 15) is 22.8 Å². The van der Waals surface area contributed by atoms with Crippen LogP contribution in [0.5, 0.6) is 0 Å². The molecule has 0 bridgehead atoms. The number of hydrogen-bond acceptors (Lipinski definition) is 4. The first-order valence-electron chi connectivity index (χ1n) is 9.88. The first-order chi connectivity index (χ1) is 14.7. The van der Waals surface area contributed by atoms with Gasteiger partial charge in [-0.3, -0.25) is 4.90 Å². The highest BCUT2D eigenvalue weighted by Gasteiger charge is 2.43. The van der Waals surface area contributed by atoms with Gasteiger partial charge in [0, 0.05) is 31.1 Å². The van der Waals surface area contributed by atoms with Crippen molar-refractivity contribution in [3.05, 3.63) is 65.6 Å². The number of nitriles is 1. The predicted molar refractivity (Wildman–Crippen MR) is 110 cm³/mol. The molecule has 2 atom stereocenters. The van der Waals surface area contributed by atoms with Crippen molar-refractivity contribution in [3.8, 4) is 17.2 Å². The first-order valence-corrected chi connectivity index (χ1v) is 9.88. The van der Waals surface area contributed by atoms with Crippen LogP contribution in [0.25, 0.3) is 22.0 Å². The van der Waals surface area contributed by atoms with Crippen LogP contribution < -0.4 is 5.32 Å². The molecule has 2 heterocycles. The minimum Gasteiger partial charge on any atom is -0.304 e. The molecule has 0 aliphatic carbocycles. The van der Waals surface area contributed by atoms with E-state index < -0.39 is 12.2 Å². The summed E-state index contributed by atoms with van der Waals surface area (Å²) in [6.07, 6.45) is -4.30. The van der Waals surface area contributed by atoms with E-state index in [0.29, 0.717) is 12.1 Å². The Balaban J connectivity index is 1.68. The largest absolute Gasteiger partial charge is 0.405 e. The molecule has 0 amide bonds. The molecule has 1 aliphatic rings. The highest BCUT2D eigenvalue weighted by molar-refractivity contribution is 5.95. The number of hydrogen-bond donors (Lipinski definition) is 1. The molecule has 0 saturated carbocycles. The number of benzene rings is 2. The van der Waals surface area contributed by atoms with Gasteiger partial charge in [0.25, 0.3) is 0 Å². The van der Waals surface area contributed by atoms with Crippen LogP contribution >= 0.6 is 0 Å². The van der Waals surface area contributed by atoms with Crippen LogP contribution in [0.1, 0.15) is 18.2 Å². The lowest BCUT2D eigenvalue weighted by Gasteiger charge is -2.39. The van der Waals surface area contributed by atoms with Crippen LogP contribution in [-0.2, 0) is 6.54 Å². The molecule has 0 radical (unpaired) electrons. The highest BCUT2D eigenvalue weighted by atomic mass is 19.4. The summed E-state index contributed by atoms with van der Waals surface area (Å²) in [6, 6.07) is 13.6. The third kappa shape index (κ3) is 4.53. The van der Waals surface area contributed by atoms with E-state index in [1.165, 1.54) is 12.1 Å². The lowest BCUT2D eigenvalue weighted by molar-refractivity contribution is -0.168. The quantitative estimate of drug-likeness (QED) is 0.618. The summed E-state index contributed by atoms with van der Waals surface area (Å²) >= 11 is 0. The average molecular weight is 428 g/mol. The van der Waals surface area contributed by atoms with Gasteiger partial charge >= 0.3 is 6.18 Å². The number of piperazine rings is 1. The molecular weight excluding hydrogens is 408 g/mol.